The van der Waals surface area contributed by atoms with Gasteiger partial charge in [0.15, 0.2) is 5.78 Å². The monoisotopic (exact) mass is 336 g/mol. The number of anilines is 1. The minimum Gasteiger partial charge on any atom is -0.481 e. The molecule has 0 unspecified atom stereocenters. The van der Waals surface area contributed by atoms with Gasteiger partial charge in [-0.15, -0.1) is 0 Å². The molecule has 5 nitrogen and oxygen atoms in total. The van der Waals surface area contributed by atoms with Crippen molar-refractivity contribution in [3.63, 3.8) is 0 Å². The summed E-state index contributed by atoms with van der Waals surface area (Å²) < 4.78 is 0. The first-order valence-corrected chi connectivity index (χ1v) is 8.19. The number of aromatic nitrogens is 1. The van der Waals surface area contributed by atoms with Gasteiger partial charge < -0.3 is 15.8 Å². The van der Waals surface area contributed by atoms with Gasteiger partial charge in [0.2, 0.25) is 0 Å². The molecule has 4 N–H and O–H groups in total. The minimum absolute atomic E-state index is 0.0867. The number of aliphatic carboxylic acids is 1. The number of hydrogen-bond donors (Lipinski definition) is 3. The second kappa shape index (κ2) is 6.81. The van der Waals surface area contributed by atoms with E-state index in [1.807, 2.05) is 25.1 Å². The van der Waals surface area contributed by atoms with Crippen LogP contribution in [0, 0.1) is 6.92 Å². The highest BCUT2D eigenvalue weighted by atomic mass is 16.4. The molecule has 0 saturated carbocycles. The van der Waals surface area contributed by atoms with Gasteiger partial charge in [0.05, 0.1) is 0 Å². The number of nitrogens with two attached hydrogens (primary N) is 1. The van der Waals surface area contributed by atoms with Crippen LogP contribution in [0.15, 0.2) is 42.5 Å². The van der Waals surface area contributed by atoms with Crippen LogP contribution < -0.4 is 5.73 Å². The van der Waals surface area contributed by atoms with Crippen molar-refractivity contribution in [1.82, 2.24) is 4.98 Å². The molecule has 0 radical (unpaired) electrons. The van der Waals surface area contributed by atoms with E-state index in [1.165, 1.54) is 0 Å². The van der Waals surface area contributed by atoms with Gasteiger partial charge in [-0.2, -0.15) is 0 Å². The lowest BCUT2D eigenvalue weighted by Gasteiger charge is -2.07. The first kappa shape index (κ1) is 16.8. The predicted octanol–water partition coefficient (Wildman–Crippen LogP) is 3.70. The number of nitrogens with one attached hydrogen (secondary N) is 1. The maximum atomic E-state index is 13.0. The maximum absolute atomic E-state index is 13.0. The van der Waals surface area contributed by atoms with Crippen LogP contribution in [0.5, 0.6) is 0 Å². The Morgan fingerprint density at radius 3 is 2.64 bits per heavy atom. The SMILES string of the molecule is Cc1[nH]c2cccc(C(=O)c3cccc(N)c3)c2c1CCCC(=O)O. The Balaban J connectivity index is 2.06. The molecule has 0 aliphatic carbocycles. The van der Waals surface area contributed by atoms with Crippen molar-refractivity contribution in [3.05, 3.63) is 64.8 Å². The van der Waals surface area contributed by atoms with Gasteiger partial charge in [0.1, 0.15) is 0 Å². The number of carboxylic acids is 1. The van der Waals surface area contributed by atoms with Crippen LogP contribution >= 0.6 is 0 Å². The largest absolute Gasteiger partial charge is 0.481 e. The Kier molecular flexibility index (Phi) is 4.57. The first-order valence-electron chi connectivity index (χ1n) is 8.19. The summed E-state index contributed by atoms with van der Waals surface area (Å²) in [6.07, 6.45) is 1.25. The van der Waals surface area contributed by atoms with Crippen molar-refractivity contribution >= 4 is 28.3 Å². The van der Waals surface area contributed by atoms with Gasteiger partial charge in [-0.1, -0.05) is 24.3 Å². The van der Waals surface area contributed by atoms with Gasteiger partial charge in [-0.05, 0) is 43.5 Å². The maximum Gasteiger partial charge on any atom is 0.303 e. The van der Waals surface area contributed by atoms with Crippen molar-refractivity contribution in [2.75, 3.05) is 5.73 Å². The number of fused-ring (bicyclic) bond motifs is 1. The van der Waals surface area contributed by atoms with E-state index >= 15 is 0 Å². The zero-order valence-corrected chi connectivity index (χ0v) is 14.0. The molecule has 0 aliphatic heterocycles. The van der Waals surface area contributed by atoms with Crippen molar-refractivity contribution in [2.24, 2.45) is 0 Å². The number of carboxylic acid groups (broad SMARTS) is 1. The lowest BCUT2D eigenvalue weighted by Crippen LogP contribution is -2.04. The molecular weight excluding hydrogens is 316 g/mol. The van der Waals surface area contributed by atoms with Crippen LogP contribution in [-0.2, 0) is 11.2 Å². The summed E-state index contributed by atoms with van der Waals surface area (Å²) in [6.45, 7) is 1.95. The van der Waals surface area contributed by atoms with Crippen LogP contribution in [0.3, 0.4) is 0 Å². The Hall–Kier alpha value is -3.08. The van der Waals surface area contributed by atoms with Gasteiger partial charge >= 0.3 is 5.97 Å². The third-order valence-electron chi connectivity index (χ3n) is 4.35. The van der Waals surface area contributed by atoms with E-state index in [0.717, 1.165) is 22.2 Å². The molecule has 0 saturated heterocycles. The Bertz CT molecular complexity index is 957. The third-order valence-corrected chi connectivity index (χ3v) is 4.35. The van der Waals surface area contributed by atoms with E-state index in [1.54, 1.807) is 24.3 Å². The van der Waals surface area contributed by atoms with E-state index < -0.39 is 5.97 Å². The fraction of sp³-hybridized carbons (Fsp3) is 0.200. The second-order valence-electron chi connectivity index (χ2n) is 6.16. The van der Waals surface area contributed by atoms with Gasteiger partial charge in [0, 0.05) is 39.8 Å². The number of nitrogen functional groups attached to an aromatic ring is 1. The van der Waals surface area contributed by atoms with E-state index in [4.69, 9.17) is 10.8 Å². The number of carbonyl (C=O) groups is 2. The molecule has 1 heterocycles. The highest BCUT2D eigenvalue weighted by Gasteiger charge is 2.18. The van der Waals surface area contributed by atoms with E-state index in [-0.39, 0.29) is 12.2 Å². The van der Waals surface area contributed by atoms with Crippen molar-refractivity contribution in [1.29, 1.82) is 0 Å². The second-order valence-corrected chi connectivity index (χ2v) is 6.16. The molecule has 0 fully saturated rings. The Morgan fingerprint density at radius 1 is 1.16 bits per heavy atom. The molecule has 5 heteroatoms. The lowest BCUT2D eigenvalue weighted by atomic mass is 9.95. The number of rotatable bonds is 6. The van der Waals surface area contributed by atoms with Crippen LogP contribution in [-0.4, -0.2) is 21.8 Å². The molecule has 0 aliphatic rings. The molecule has 0 spiro atoms. The van der Waals surface area contributed by atoms with Gasteiger partial charge in [0.25, 0.3) is 0 Å². The summed E-state index contributed by atoms with van der Waals surface area (Å²) in [4.78, 5) is 27.1. The summed E-state index contributed by atoms with van der Waals surface area (Å²) in [5.41, 5.74) is 10.4. The quantitative estimate of drug-likeness (QED) is 0.472. The van der Waals surface area contributed by atoms with E-state index in [2.05, 4.69) is 4.98 Å². The molecule has 2 aromatic carbocycles. The first-order chi connectivity index (χ1) is 12.0. The lowest BCUT2D eigenvalue weighted by molar-refractivity contribution is -0.137. The normalized spacial score (nSPS) is 10.9. The standard InChI is InChI=1S/C20H20N2O3/c1-12-15(7-4-10-18(23)24)19-16(8-3-9-17(19)22-12)20(25)13-5-2-6-14(21)11-13/h2-3,5-6,8-9,11,22H,4,7,10,21H2,1H3,(H,23,24). The number of aryl methyl sites for hydroxylation is 2. The zero-order valence-electron chi connectivity index (χ0n) is 14.0. The molecule has 0 atom stereocenters. The van der Waals surface area contributed by atoms with Crippen molar-refractivity contribution in [2.45, 2.75) is 26.2 Å². The fourth-order valence-corrected chi connectivity index (χ4v) is 3.20. The summed E-state index contributed by atoms with van der Waals surface area (Å²) in [5, 5.41) is 9.74. The van der Waals surface area contributed by atoms with E-state index in [0.29, 0.717) is 29.7 Å². The summed E-state index contributed by atoms with van der Waals surface area (Å²) in [6, 6.07) is 12.5. The average Bonchev–Trinajstić information content (AvgIpc) is 2.89. The molecule has 3 aromatic rings. The number of benzene rings is 2. The molecule has 0 amide bonds. The summed E-state index contributed by atoms with van der Waals surface area (Å²) in [5.74, 6) is -0.898. The molecular formula is C20H20N2O3. The van der Waals surface area contributed by atoms with Crippen LogP contribution in [0.2, 0.25) is 0 Å². The fourth-order valence-electron chi connectivity index (χ4n) is 3.20. The number of hydrogen-bond acceptors (Lipinski definition) is 3. The Morgan fingerprint density at radius 2 is 1.92 bits per heavy atom. The van der Waals surface area contributed by atoms with Crippen molar-refractivity contribution in [3.8, 4) is 0 Å². The zero-order chi connectivity index (χ0) is 18.0. The predicted molar refractivity (Wildman–Crippen MR) is 97.9 cm³/mol. The van der Waals surface area contributed by atoms with E-state index in [9.17, 15) is 9.59 Å². The van der Waals surface area contributed by atoms with Crippen LogP contribution in [0.4, 0.5) is 5.69 Å². The minimum atomic E-state index is -0.812. The highest BCUT2D eigenvalue weighted by Crippen LogP contribution is 2.29. The smallest absolute Gasteiger partial charge is 0.303 e. The average molecular weight is 336 g/mol. The Labute approximate surface area is 145 Å². The number of carbonyl (C=O) groups excluding carboxylic acids is 1. The molecule has 25 heavy (non-hydrogen) atoms. The molecule has 3 rings (SSSR count). The molecule has 1 aromatic heterocycles. The summed E-state index contributed by atoms with van der Waals surface area (Å²) in [7, 11) is 0. The number of H-pyrrole nitrogens is 1. The molecule has 0 bridgehead atoms. The van der Waals surface area contributed by atoms with Gasteiger partial charge in [-0.3, -0.25) is 9.59 Å². The topological polar surface area (TPSA) is 96.2 Å². The molecule has 128 valence electrons. The van der Waals surface area contributed by atoms with Crippen LogP contribution in [0.25, 0.3) is 10.9 Å². The number of ketones is 1. The van der Waals surface area contributed by atoms with Crippen LogP contribution in [0.1, 0.15) is 40.0 Å². The van der Waals surface area contributed by atoms with Gasteiger partial charge in [-0.25, -0.2) is 0 Å². The number of aromatic amines is 1. The third kappa shape index (κ3) is 3.40. The highest BCUT2D eigenvalue weighted by molar-refractivity contribution is 6.17. The van der Waals surface area contributed by atoms with Crippen molar-refractivity contribution < 1.29 is 14.7 Å². The summed E-state index contributed by atoms with van der Waals surface area (Å²) >= 11 is 0.